The van der Waals surface area contributed by atoms with E-state index >= 15 is 0 Å². The van der Waals surface area contributed by atoms with E-state index in [-0.39, 0.29) is 18.4 Å². The van der Waals surface area contributed by atoms with E-state index < -0.39 is 0 Å². The summed E-state index contributed by atoms with van der Waals surface area (Å²) in [4.78, 5) is 24.7. The standard InChI is InChI=1S/C17H22N4O2/c1-5-23-16(22)10-12(3)20-17-18-9-8-15(21-17)14-7-6-11(2)19-13(14)4/h6-9,12H,5,10H2,1-4H3,(H,18,20,21)/t12-/m1/s1. The lowest BCUT2D eigenvalue weighted by atomic mass is 10.1. The first-order valence-electron chi connectivity index (χ1n) is 7.69. The molecule has 0 aliphatic rings. The van der Waals surface area contributed by atoms with Crippen molar-refractivity contribution in [1.29, 1.82) is 0 Å². The van der Waals surface area contributed by atoms with E-state index in [4.69, 9.17) is 4.74 Å². The molecule has 6 nitrogen and oxygen atoms in total. The molecule has 6 heteroatoms. The molecule has 0 aromatic carbocycles. The second kappa shape index (κ2) is 7.67. The summed E-state index contributed by atoms with van der Waals surface area (Å²) in [5, 5.41) is 3.13. The molecule has 2 rings (SSSR count). The Bertz CT molecular complexity index is 688. The van der Waals surface area contributed by atoms with Crippen molar-refractivity contribution in [3.05, 3.63) is 35.8 Å². The molecule has 0 radical (unpaired) electrons. The fraction of sp³-hybridized carbons (Fsp3) is 0.412. The van der Waals surface area contributed by atoms with Crippen molar-refractivity contribution in [3.63, 3.8) is 0 Å². The summed E-state index contributed by atoms with van der Waals surface area (Å²) in [7, 11) is 0. The van der Waals surface area contributed by atoms with Gasteiger partial charge in [-0.25, -0.2) is 9.97 Å². The number of ether oxygens (including phenoxy) is 1. The van der Waals surface area contributed by atoms with Gasteiger partial charge in [0.15, 0.2) is 0 Å². The van der Waals surface area contributed by atoms with Crippen molar-refractivity contribution in [2.24, 2.45) is 0 Å². The van der Waals surface area contributed by atoms with Gasteiger partial charge in [-0.3, -0.25) is 9.78 Å². The molecular weight excluding hydrogens is 292 g/mol. The first-order valence-corrected chi connectivity index (χ1v) is 7.69. The molecule has 0 aliphatic carbocycles. The Labute approximate surface area is 136 Å². The number of pyridine rings is 1. The first kappa shape index (κ1) is 16.9. The van der Waals surface area contributed by atoms with Gasteiger partial charge in [0.05, 0.1) is 18.7 Å². The Morgan fingerprint density at radius 1 is 1.26 bits per heavy atom. The van der Waals surface area contributed by atoms with E-state index in [1.165, 1.54) is 0 Å². The van der Waals surface area contributed by atoms with Gasteiger partial charge < -0.3 is 10.1 Å². The number of hydrogen-bond acceptors (Lipinski definition) is 6. The molecule has 0 fully saturated rings. The Morgan fingerprint density at radius 2 is 2.04 bits per heavy atom. The molecular formula is C17H22N4O2. The van der Waals surface area contributed by atoms with Crippen molar-refractivity contribution in [3.8, 4) is 11.3 Å². The third-order valence-electron chi connectivity index (χ3n) is 3.31. The van der Waals surface area contributed by atoms with Crippen LogP contribution in [-0.4, -0.2) is 33.6 Å². The van der Waals surface area contributed by atoms with Crippen LogP contribution in [0.1, 0.15) is 31.7 Å². The Morgan fingerprint density at radius 3 is 2.74 bits per heavy atom. The zero-order valence-electron chi connectivity index (χ0n) is 14.0. The minimum absolute atomic E-state index is 0.110. The van der Waals surface area contributed by atoms with Gasteiger partial charge >= 0.3 is 5.97 Å². The molecule has 0 bridgehead atoms. The highest BCUT2D eigenvalue weighted by atomic mass is 16.5. The molecule has 0 aliphatic heterocycles. The molecule has 0 amide bonds. The zero-order chi connectivity index (χ0) is 16.8. The predicted octanol–water partition coefficient (Wildman–Crippen LogP) is 2.91. The van der Waals surface area contributed by atoms with Crippen LogP contribution in [0.25, 0.3) is 11.3 Å². The molecule has 2 aromatic rings. The summed E-state index contributed by atoms with van der Waals surface area (Å²) in [5.41, 5.74) is 3.67. The van der Waals surface area contributed by atoms with Gasteiger partial charge in [0, 0.05) is 29.2 Å². The lowest BCUT2D eigenvalue weighted by Crippen LogP contribution is -2.22. The van der Waals surface area contributed by atoms with Gasteiger partial charge in [0.1, 0.15) is 0 Å². The van der Waals surface area contributed by atoms with E-state index in [1.807, 2.05) is 39.0 Å². The van der Waals surface area contributed by atoms with E-state index in [0.29, 0.717) is 12.6 Å². The number of aryl methyl sites for hydroxylation is 2. The lowest BCUT2D eigenvalue weighted by Gasteiger charge is -2.13. The SMILES string of the molecule is CCOC(=O)C[C@@H](C)Nc1nccc(-c2ccc(C)nc2C)n1. The van der Waals surface area contributed by atoms with Gasteiger partial charge in [0.25, 0.3) is 0 Å². The number of hydrogen-bond donors (Lipinski definition) is 1. The highest BCUT2D eigenvalue weighted by molar-refractivity contribution is 5.70. The summed E-state index contributed by atoms with van der Waals surface area (Å²) in [6, 6.07) is 5.70. The lowest BCUT2D eigenvalue weighted by molar-refractivity contribution is -0.143. The Kier molecular flexibility index (Phi) is 5.62. The van der Waals surface area contributed by atoms with Crippen molar-refractivity contribution in [2.75, 3.05) is 11.9 Å². The largest absolute Gasteiger partial charge is 0.466 e. The third-order valence-corrected chi connectivity index (χ3v) is 3.31. The van der Waals surface area contributed by atoms with Crippen molar-refractivity contribution < 1.29 is 9.53 Å². The van der Waals surface area contributed by atoms with Crippen LogP contribution in [0.3, 0.4) is 0 Å². The molecule has 23 heavy (non-hydrogen) atoms. The highest BCUT2D eigenvalue weighted by Crippen LogP contribution is 2.21. The van der Waals surface area contributed by atoms with E-state index in [1.54, 1.807) is 13.1 Å². The summed E-state index contributed by atoms with van der Waals surface area (Å²) < 4.78 is 4.94. The number of nitrogens with one attached hydrogen (secondary N) is 1. The number of esters is 1. The number of aromatic nitrogens is 3. The maximum atomic E-state index is 11.5. The first-order chi connectivity index (χ1) is 11.0. The normalized spacial score (nSPS) is 11.8. The smallest absolute Gasteiger partial charge is 0.307 e. The van der Waals surface area contributed by atoms with Crippen LogP contribution in [0.4, 0.5) is 5.95 Å². The molecule has 1 N–H and O–H groups in total. The van der Waals surface area contributed by atoms with Crippen molar-refractivity contribution in [1.82, 2.24) is 15.0 Å². The molecule has 2 heterocycles. The van der Waals surface area contributed by atoms with Crippen LogP contribution in [0.15, 0.2) is 24.4 Å². The van der Waals surface area contributed by atoms with Crippen molar-refractivity contribution >= 4 is 11.9 Å². The average Bonchev–Trinajstić information content (AvgIpc) is 2.47. The fourth-order valence-electron chi connectivity index (χ4n) is 2.28. The van der Waals surface area contributed by atoms with Crippen molar-refractivity contribution in [2.45, 2.75) is 40.2 Å². The number of carbonyl (C=O) groups is 1. The zero-order valence-corrected chi connectivity index (χ0v) is 14.0. The monoisotopic (exact) mass is 314 g/mol. The van der Waals surface area contributed by atoms with Gasteiger partial charge in [-0.15, -0.1) is 0 Å². The fourth-order valence-corrected chi connectivity index (χ4v) is 2.28. The predicted molar refractivity (Wildman–Crippen MR) is 89.1 cm³/mol. The number of carbonyl (C=O) groups excluding carboxylic acids is 1. The maximum Gasteiger partial charge on any atom is 0.307 e. The molecule has 2 aromatic heterocycles. The minimum atomic E-state index is -0.234. The molecule has 0 saturated carbocycles. The maximum absolute atomic E-state index is 11.5. The molecule has 0 unspecified atom stereocenters. The highest BCUT2D eigenvalue weighted by Gasteiger charge is 2.12. The molecule has 122 valence electrons. The van der Waals surface area contributed by atoms with Gasteiger partial charge in [-0.05, 0) is 45.9 Å². The second-order valence-electron chi connectivity index (χ2n) is 5.41. The van der Waals surface area contributed by atoms with Gasteiger partial charge in [-0.2, -0.15) is 0 Å². The molecule has 0 spiro atoms. The van der Waals surface area contributed by atoms with Gasteiger partial charge in [-0.1, -0.05) is 0 Å². The van der Waals surface area contributed by atoms with Crippen LogP contribution in [0, 0.1) is 13.8 Å². The van der Waals surface area contributed by atoms with Crippen LogP contribution < -0.4 is 5.32 Å². The number of nitrogens with zero attached hydrogens (tertiary/aromatic N) is 3. The summed E-state index contributed by atoms with van der Waals surface area (Å²) in [5.74, 6) is 0.251. The Hall–Kier alpha value is -2.50. The van der Waals surface area contributed by atoms with Crippen LogP contribution in [0.2, 0.25) is 0 Å². The summed E-state index contributed by atoms with van der Waals surface area (Å²) in [6.07, 6.45) is 1.97. The van der Waals surface area contributed by atoms with Crippen LogP contribution in [0.5, 0.6) is 0 Å². The molecule has 0 saturated heterocycles. The van der Waals surface area contributed by atoms with E-state index in [2.05, 4.69) is 20.3 Å². The number of anilines is 1. The van der Waals surface area contributed by atoms with Crippen LogP contribution >= 0.6 is 0 Å². The van der Waals surface area contributed by atoms with Crippen LogP contribution in [-0.2, 0) is 9.53 Å². The second-order valence-corrected chi connectivity index (χ2v) is 5.41. The topological polar surface area (TPSA) is 77.0 Å². The quantitative estimate of drug-likeness (QED) is 0.826. The summed E-state index contributed by atoms with van der Waals surface area (Å²) >= 11 is 0. The van der Waals surface area contributed by atoms with E-state index in [0.717, 1.165) is 22.6 Å². The summed E-state index contributed by atoms with van der Waals surface area (Å²) in [6.45, 7) is 7.99. The van der Waals surface area contributed by atoms with E-state index in [9.17, 15) is 4.79 Å². The number of rotatable bonds is 6. The third kappa shape index (κ3) is 4.74. The average molecular weight is 314 g/mol. The van der Waals surface area contributed by atoms with Gasteiger partial charge in [0.2, 0.25) is 5.95 Å². The minimum Gasteiger partial charge on any atom is -0.466 e. The Balaban J connectivity index is 2.12. The molecule has 1 atom stereocenters.